The van der Waals surface area contributed by atoms with Crippen LogP contribution in [0.5, 0.6) is 0 Å². The zero-order valence-electron chi connectivity index (χ0n) is 9.74. The predicted octanol–water partition coefficient (Wildman–Crippen LogP) is 2.20. The van der Waals surface area contributed by atoms with Crippen molar-refractivity contribution in [2.45, 2.75) is 13.3 Å². The second-order valence-corrected chi connectivity index (χ2v) is 4.31. The minimum atomic E-state index is -0.517. The van der Waals surface area contributed by atoms with Crippen LogP contribution in [0.1, 0.15) is 23.7 Å². The summed E-state index contributed by atoms with van der Waals surface area (Å²) in [5.74, 6) is -0.807. The number of nitrogen functional groups attached to an aromatic ring is 1. The van der Waals surface area contributed by atoms with Gasteiger partial charge in [-0.2, -0.15) is 0 Å². The molecule has 2 rings (SSSR count). The van der Waals surface area contributed by atoms with Gasteiger partial charge in [0.15, 0.2) is 0 Å². The highest BCUT2D eigenvalue weighted by molar-refractivity contribution is 5.95. The highest BCUT2D eigenvalue weighted by atomic mass is 19.1. The molecule has 0 saturated heterocycles. The Balaban J connectivity index is 2.25. The molecule has 0 aromatic heterocycles. The summed E-state index contributed by atoms with van der Waals surface area (Å²) < 4.78 is 13.6. The number of nitrogens with zero attached hydrogens (tertiary/aromatic N) is 1. The molecule has 0 atom stereocenters. The van der Waals surface area contributed by atoms with E-state index in [1.807, 2.05) is 6.92 Å². The summed E-state index contributed by atoms with van der Waals surface area (Å²) >= 11 is 0. The van der Waals surface area contributed by atoms with Crippen LogP contribution in [0.2, 0.25) is 0 Å². The van der Waals surface area contributed by atoms with E-state index in [1.165, 1.54) is 18.2 Å². The molecule has 1 amide bonds. The summed E-state index contributed by atoms with van der Waals surface area (Å²) in [5, 5.41) is 0. The van der Waals surface area contributed by atoms with Gasteiger partial charge in [-0.3, -0.25) is 4.79 Å². The van der Waals surface area contributed by atoms with Crippen molar-refractivity contribution < 1.29 is 9.18 Å². The van der Waals surface area contributed by atoms with Crippen LogP contribution in [-0.4, -0.2) is 23.9 Å². The zero-order valence-corrected chi connectivity index (χ0v) is 9.74. The van der Waals surface area contributed by atoms with Crippen LogP contribution in [0.15, 0.2) is 29.8 Å². The van der Waals surface area contributed by atoms with Gasteiger partial charge in [-0.05, 0) is 31.5 Å². The Hall–Kier alpha value is -1.84. The Morgan fingerprint density at radius 1 is 1.47 bits per heavy atom. The van der Waals surface area contributed by atoms with E-state index in [1.54, 1.807) is 4.90 Å². The first kappa shape index (κ1) is 11.6. The third-order valence-electron chi connectivity index (χ3n) is 2.84. The van der Waals surface area contributed by atoms with Gasteiger partial charge in [-0.25, -0.2) is 4.39 Å². The molecule has 1 heterocycles. The predicted molar refractivity (Wildman–Crippen MR) is 65.1 cm³/mol. The Morgan fingerprint density at radius 3 is 2.94 bits per heavy atom. The summed E-state index contributed by atoms with van der Waals surface area (Å²) in [7, 11) is 0. The number of amides is 1. The van der Waals surface area contributed by atoms with Gasteiger partial charge >= 0.3 is 0 Å². The first-order valence-corrected chi connectivity index (χ1v) is 5.58. The number of carbonyl (C=O) groups excluding carboxylic acids is 1. The van der Waals surface area contributed by atoms with Crippen LogP contribution in [0, 0.1) is 5.82 Å². The lowest BCUT2D eigenvalue weighted by atomic mass is 10.1. The molecule has 90 valence electrons. The summed E-state index contributed by atoms with van der Waals surface area (Å²) in [4.78, 5) is 13.8. The second kappa shape index (κ2) is 4.57. The summed E-state index contributed by atoms with van der Waals surface area (Å²) in [6, 6.07) is 4.08. The summed E-state index contributed by atoms with van der Waals surface area (Å²) in [6.07, 6.45) is 2.92. The highest BCUT2D eigenvalue weighted by Gasteiger charge is 2.21. The number of anilines is 1. The van der Waals surface area contributed by atoms with Crippen molar-refractivity contribution in [2.75, 3.05) is 18.8 Å². The molecule has 3 nitrogen and oxygen atoms in total. The number of benzene rings is 1. The maximum Gasteiger partial charge on any atom is 0.257 e. The van der Waals surface area contributed by atoms with Gasteiger partial charge in [0.05, 0.1) is 5.56 Å². The molecule has 1 aromatic carbocycles. The van der Waals surface area contributed by atoms with Gasteiger partial charge in [0, 0.05) is 18.8 Å². The number of halogens is 1. The monoisotopic (exact) mass is 234 g/mol. The third-order valence-corrected chi connectivity index (χ3v) is 2.84. The molecule has 1 aliphatic rings. The smallest absolute Gasteiger partial charge is 0.257 e. The van der Waals surface area contributed by atoms with E-state index in [4.69, 9.17) is 5.73 Å². The molecule has 1 aromatic rings. The minimum Gasteiger partial charge on any atom is -0.399 e. The van der Waals surface area contributed by atoms with Crippen molar-refractivity contribution in [1.82, 2.24) is 4.90 Å². The molecule has 17 heavy (non-hydrogen) atoms. The second-order valence-electron chi connectivity index (χ2n) is 4.31. The average molecular weight is 234 g/mol. The van der Waals surface area contributed by atoms with E-state index in [-0.39, 0.29) is 11.5 Å². The maximum atomic E-state index is 13.6. The van der Waals surface area contributed by atoms with Gasteiger partial charge in [0.1, 0.15) is 5.82 Å². The van der Waals surface area contributed by atoms with Crippen LogP contribution < -0.4 is 5.73 Å². The minimum absolute atomic E-state index is 0.0553. The Kier molecular flexibility index (Phi) is 3.13. The van der Waals surface area contributed by atoms with Gasteiger partial charge < -0.3 is 10.6 Å². The van der Waals surface area contributed by atoms with Gasteiger partial charge in [0.2, 0.25) is 0 Å². The molecule has 2 N–H and O–H groups in total. The van der Waals surface area contributed by atoms with Gasteiger partial charge in [-0.15, -0.1) is 0 Å². The summed E-state index contributed by atoms with van der Waals surface area (Å²) in [5.41, 5.74) is 7.16. The summed E-state index contributed by atoms with van der Waals surface area (Å²) in [6.45, 7) is 3.16. The number of hydrogen-bond acceptors (Lipinski definition) is 2. The lowest BCUT2D eigenvalue weighted by molar-refractivity contribution is 0.0761. The average Bonchev–Trinajstić information content (AvgIpc) is 2.31. The molecule has 0 bridgehead atoms. The largest absolute Gasteiger partial charge is 0.399 e. The standard InChI is InChI=1S/C13H15FN2O/c1-9-3-2-6-16(8-9)13(17)11-7-10(15)4-5-12(11)14/h3-5,7H,2,6,8,15H2,1H3. The Morgan fingerprint density at radius 2 is 2.24 bits per heavy atom. The van der Waals surface area contributed by atoms with Crippen molar-refractivity contribution in [1.29, 1.82) is 0 Å². The van der Waals surface area contributed by atoms with Crippen molar-refractivity contribution in [2.24, 2.45) is 0 Å². The van der Waals surface area contributed by atoms with Crippen LogP contribution in [0.25, 0.3) is 0 Å². The van der Waals surface area contributed by atoms with E-state index in [0.717, 1.165) is 12.0 Å². The van der Waals surface area contributed by atoms with E-state index >= 15 is 0 Å². The topological polar surface area (TPSA) is 46.3 Å². The SMILES string of the molecule is CC1=CCCN(C(=O)c2cc(N)ccc2F)C1. The van der Waals surface area contributed by atoms with Crippen LogP contribution in [0.3, 0.4) is 0 Å². The van der Waals surface area contributed by atoms with E-state index in [2.05, 4.69) is 6.08 Å². The fourth-order valence-electron chi connectivity index (χ4n) is 1.96. The molecule has 0 aliphatic carbocycles. The van der Waals surface area contributed by atoms with E-state index in [9.17, 15) is 9.18 Å². The fraction of sp³-hybridized carbons (Fsp3) is 0.308. The van der Waals surface area contributed by atoms with Crippen molar-refractivity contribution in [3.05, 3.63) is 41.2 Å². The normalized spacial score (nSPS) is 15.6. The quantitative estimate of drug-likeness (QED) is 0.598. The van der Waals surface area contributed by atoms with E-state index < -0.39 is 5.82 Å². The molecule has 4 heteroatoms. The molecule has 0 saturated carbocycles. The highest BCUT2D eigenvalue weighted by Crippen LogP contribution is 2.17. The van der Waals surface area contributed by atoms with Gasteiger partial charge in [-0.1, -0.05) is 11.6 Å². The zero-order chi connectivity index (χ0) is 12.4. The van der Waals surface area contributed by atoms with Crippen LogP contribution in [-0.2, 0) is 0 Å². The Labute approximate surface area is 99.7 Å². The molecule has 0 radical (unpaired) electrons. The first-order valence-electron chi connectivity index (χ1n) is 5.58. The van der Waals surface area contributed by atoms with Crippen molar-refractivity contribution >= 4 is 11.6 Å². The third kappa shape index (κ3) is 2.46. The molecule has 0 unspecified atom stereocenters. The van der Waals surface area contributed by atoms with Gasteiger partial charge in [0.25, 0.3) is 5.91 Å². The molecule has 0 spiro atoms. The van der Waals surface area contributed by atoms with Crippen LogP contribution >= 0.6 is 0 Å². The number of hydrogen-bond donors (Lipinski definition) is 1. The lowest BCUT2D eigenvalue weighted by Crippen LogP contribution is -2.35. The molecule has 1 aliphatic heterocycles. The van der Waals surface area contributed by atoms with E-state index in [0.29, 0.717) is 18.8 Å². The van der Waals surface area contributed by atoms with Crippen molar-refractivity contribution in [3.8, 4) is 0 Å². The number of carbonyl (C=O) groups is 1. The number of rotatable bonds is 1. The fourth-order valence-corrected chi connectivity index (χ4v) is 1.96. The lowest BCUT2D eigenvalue weighted by Gasteiger charge is -2.26. The first-order chi connectivity index (χ1) is 8.08. The molecule has 0 fully saturated rings. The van der Waals surface area contributed by atoms with Crippen LogP contribution in [0.4, 0.5) is 10.1 Å². The molecular weight excluding hydrogens is 219 g/mol. The molecular formula is C13H15FN2O. The maximum absolute atomic E-state index is 13.6. The Bertz CT molecular complexity index is 482. The van der Waals surface area contributed by atoms with Crippen molar-refractivity contribution in [3.63, 3.8) is 0 Å². The number of nitrogens with two attached hydrogens (primary N) is 1.